The molecule has 1 saturated carbocycles. The Hall–Kier alpha value is -3.47. The second-order valence-corrected chi connectivity index (χ2v) is 11.6. The van der Waals surface area contributed by atoms with E-state index in [4.69, 9.17) is 4.74 Å². The van der Waals surface area contributed by atoms with Gasteiger partial charge in [0.15, 0.2) is 0 Å². The highest BCUT2D eigenvalue weighted by Gasteiger charge is 2.45. The molecule has 1 aromatic carbocycles. The van der Waals surface area contributed by atoms with E-state index in [1.165, 1.54) is 4.90 Å². The first-order chi connectivity index (χ1) is 18.1. The second-order valence-electron chi connectivity index (χ2n) is 11.6. The van der Waals surface area contributed by atoms with Crippen molar-refractivity contribution in [3.63, 3.8) is 0 Å². The molecule has 1 saturated heterocycles. The third kappa shape index (κ3) is 5.67. The minimum absolute atomic E-state index is 0.0107. The van der Waals surface area contributed by atoms with E-state index in [0.29, 0.717) is 24.5 Å². The summed E-state index contributed by atoms with van der Waals surface area (Å²) in [6.07, 6.45) is 4.53. The molecule has 3 amide bonds. The zero-order chi connectivity index (χ0) is 27.0. The summed E-state index contributed by atoms with van der Waals surface area (Å²) in [5, 5.41) is 24.6. The molecule has 38 heavy (non-hydrogen) atoms. The number of benzene rings is 1. The van der Waals surface area contributed by atoms with Gasteiger partial charge in [-0.3, -0.25) is 14.4 Å². The zero-order valence-electron chi connectivity index (χ0n) is 22.1. The number of β-amino-alcohol motifs (C(OH)–C–C–N with tert-alkyl or cyclic N) is 1. The van der Waals surface area contributed by atoms with Crippen LogP contribution in [0.1, 0.15) is 69.7 Å². The van der Waals surface area contributed by atoms with Crippen LogP contribution in [-0.2, 0) is 20.8 Å². The Kier molecular flexibility index (Phi) is 7.13. The van der Waals surface area contributed by atoms with Crippen LogP contribution in [0.4, 0.5) is 5.69 Å². The summed E-state index contributed by atoms with van der Waals surface area (Å²) >= 11 is 0. The number of carbonyl (C=O) groups excluding carboxylic acids is 3. The summed E-state index contributed by atoms with van der Waals surface area (Å²) < 4.78 is 7.42. The van der Waals surface area contributed by atoms with Gasteiger partial charge in [0.2, 0.25) is 17.7 Å². The van der Waals surface area contributed by atoms with E-state index in [1.807, 2.05) is 39.1 Å². The molecule has 5 rings (SSSR count). The maximum Gasteiger partial charge on any atom is 0.248 e. The first-order valence-corrected chi connectivity index (χ1v) is 13.3. The summed E-state index contributed by atoms with van der Waals surface area (Å²) in [5.41, 5.74) is 2.23. The minimum atomic E-state index is -0.777. The van der Waals surface area contributed by atoms with E-state index in [-0.39, 0.29) is 43.8 Å². The Labute approximate surface area is 221 Å². The van der Waals surface area contributed by atoms with Crippen molar-refractivity contribution in [2.24, 2.45) is 5.41 Å². The molecule has 2 aliphatic heterocycles. The van der Waals surface area contributed by atoms with Gasteiger partial charge in [0, 0.05) is 37.2 Å². The number of rotatable bonds is 8. The minimum Gasteiger partial charge on any atom is -0.492 e. The van der Waals surface area contributed by atoms with Crippen LogP contribution in [0.15, 0.2) is 24.4 Å². The third-order valence-electron chi connectivity index (χ3n) is 7.35. The number of aliphatic hydroxyl groups is 1. The predicted molar refractivity (Wildman–Crippen MR) is 139 cm³/mol. The number of aryl methyl sites for hydroxylation is 1. The van der Waals surface area contributed by atoms with Gasteiger partial charge >= 0.3 is 0 Å². The maximum absolute atomic E-state index is 13.8. The van der Waals surface area contributed by atoms with Crippen LogP contribution in [0.25, 0.3) is 0 Å². The average Bonchev–Trinajstić information content (AvgIpc) is 3.47. The molecular weight excluding hydrogens is 488 g/mol. The average molecular weight is 525 g/mol. The van der Waals surface area contributed by atoms with Gasteiger partial charge in [-0.05, 0) is 48.4 Å². The topological polar surface area (TPSA) is 139 Å². The molecule has 0 bridgehead atoms. The zero-order valence-corrected chi connectivity index (χ0v) is 22.1. The van der Waals surface area contributed by atoms with Gasteiger partial charge in [-0.25, -0.2) is 4.68 Å². The fourth-order valence-electron chi connectivity index (χ4n) is 5.24. The molecule has 3 heterocycles. The van der Waals surface area contributed by atoms with Gasteiger partial charge in [0.05, 0.1) is 18.3 Å². The van der Waals surface area contributed by atoms with E-state index < -0.39 is 23.6 Å². The normalized spacial score (nSPS) is 22.0. The van der Waals surface area contributed by atoms with E-state index in [2.05, 4.69) is 20.9 Å². The quantitative estimate of drug-likeness (QED) is 0.448. The van der Waals surface area contributed by atoms with Crippen molar-refractivity contribution < 1.29 is 24.2 Å². The van der Waals surface area contributed by atoms with Gasteiger partial charge in [-0.1, -0.05) is 26.0 Å². The van der Waals surface area contributed by atoms with Crippen molar-refractivity contribution in [3.05, 3.63) is 35.7 Å². The lowest BCUT2D eigenvalue weighted by molar-refractivity contribution is -0.144. The number of nitrogens with one attached hydrogen (secondary N) is 2. The number of hydrogen-bond acceptors (Lipinski definition) is 7. The van der Waals surface area contributed by atoms with E-state index in [1.54, 1.807) is 10.7 Å². The van der Waals surface area contributed by atoms with E-state index >= 15 is 0 Å². The number of hydrogen-bond donors (Lipinski definition) is 3. The van der Waals surface area contributed by atoms with Crippen molar-refractivity contribution in [2.75, 3.05) is 25.0 Å². The molecule has 1 aromatic heterocycles. The summed E-state index contributed by atoms with van der Waals surface area (Å²) in [6.45, 7) is 6.46. The van der Waals surface area contributed by atoms with Crippen molar-refractivity contribution in [1.29, 1.82) is 0 Å². The molecule has 0 spiro atoms. The summed E-state index contributed by atoms with van der Waals surface area (Å²) in [5.74, 6) is 0.511. The molecule has 3 N–H and O–H groups in total. The van der Waals surface area contributed by atoms with E-state index in [0.717, 1.165) is 29.8 Å². The maximum atomic E-state index is 13.8. The van der Waals surface area contributed by atoms with Gasteiger partial charge in [0.1, 0.15) is 24.4 Å². The number of fused-ring (bicyclic) bond motifs is 1. The Morgan fingerprint density at radius 3 is 2.79 bits per heavy atom. The number of aromatic nitrogens is 3. The Morgan fingerprint density at radius 2 is 2.05 bits per heavy atom. The molecule has 3 aliphatic rings. The molecular formula is C27H36N6O5. The number of aliphatic hydroxyl groups excluding tert-OH is 1. The number of nitrogens with zero attached hydrogens (tertiary/aromatic N) is 4. The van der Waals surface area contributed by atoms with Crippen LogP contribution in [0.3, 0.4) is 0 Å². The van der Waals surface area contributed by atoms with Crippen LogP contribution in [0.5, 0.6) is 5.75 Å². The van der Waals surface area contributed by atoms with Crippen molar-refractivity contribution in [1.82, 2.24) is 25.2 Å². The largest absolute Gasteiger partial charge is 0.492 e. The van der Waals surface area contributed by atoms with Gasteiger partial charge in [0.25, 0.3) is 0 Å². The molecule has 2 aromatic rings. The molecule has 1 aliphatic carbocycles. The van der Waals surface area contributed by atoms with Crippen LogP contribution >= 0.6 is 0 Å². The van der Waals surface area contributed by atoms with Crippen LogP contribution in [0, 0.1) is 5.41 Å². The fourth-order valence-corrected chi connectivity index (χ4v) is 5.24. The van der Waals surface area contributed by atoms with Crippen molar-refractivity contribution in [2.45, 2.75) is 77.0 Å². The summed E-state index contributed by atoms with van der Waals surface area (Å²) in [7, 11) is 0. The molecule has 11 heteroatoms. The predicted octanol–water partition coefficient (Wildman–Crippen LogP) is 1.78. The van der Waals surface area contributed by atoms with Gasteiger partial charge < -0.3 is 25.4 Å². The van der Waals surface area contributed by atoms with Gasteiger partial charge in [-0.2, -0.15) is 0 Å². The molecule has 204 valence electrons. The lowest BCUT2D eigenvalue weighted by Gasteiger charge is -2.34. The fraction of sp³-hybridized carbons (Fsp3) is 0.593. The third-order valence-corrected chi connectivity index (χ3v) is 7.35. The first kappa shape index (κ1) is 26.1. The molecule has 2 fully saturated rings. The summed E-state index contributed by atoms with van der Waals surface area (Å²) in [6, 6.07) is 4.07. The van der Waals surface area contributed by atoms with E-state index in [9.17, 15) is 19.5 Å². The van der Waals surface area contributed by atoms with Crippen molar-refractivity contribution in [3.8, 4) is 5.75 Å². The lowest BCUT2D eigenvalue weighted by atomic mass is 9.85. The molecule has 0 radical (unpaired) electrons. The van der Waals surface area contributed by atoms with Crippen molar-refractivity contribution >= 4 is 23.4 Å². The second kappa shape index (κ2) is 10.4. The molecule has 11 nitrogen and oxygen atoms in total. The highest BCUT2D eigenvalue weighted by molar-refractivity contribution is 5.94. The smallest absolute Gasteiger partial charge is 0.248 e. The molecule has 3 atom stereocenters. The number of likely N-dealkylation sites (tertiary alicyclic amines) is 1. The van der Waals surface area contributed by atoms with Crippen LogP contribution < -0.4 is 15.4 Å². The summed E-state index contributed by atoms with van der Waals surface area (Å²) in [4.78, 5) is 39.9. The standard InChI is InChI=1S/C27H36N6O5/c1-27(2,3)24(33-15-21(30-31-33)16-4-5-16)26(37)32-14-18(34)13-22(32)25(36)28-10-11-38-19-7-8-20-17(12-19)6-9-23(35)29-20/h7-8,12,15-16,18,22,24,34H,4-6,9-11,13-14H2,1-3H3,(H,28,36)(H,29,35)/t18-,22+,24-/m1/s1. The Balaban J connectivity index is 1.19. The highest BCUT2D eigenvalue weighted by Crippen LogP contribution is 2.40. The number of anilines is 1. The highest BCUT2D eigenvalue weighted by atomic mass is 16.5. The lowest BCUT2D eigenvalue weighted by Crippen LogP contribution is -2.50. The monoisotopic (exact) mass is 524 g/mol. The Morgan fingerprint density at radius 1 is 1.26 bits per heavy atom. The van der Waals surface area contributed by atoms with Crippen LogP contribution in [0.2, 0.25) is 0 Å². The number of amides is 3. The number of carbonyl (C=O) groups is 3. The molecule has 0 unspecified atom stereocenters. The number of ether oxygens (including phenoxy) is 1. The van der Waals surface area contributed by atoms with Gasteiger partial charge in [-0.15, -0.1) is 5.10 Å². The Bertz CT molecular complexity index is 1220. The SMILES string of the molecule is CC(C)(C)[C@@H](C(=O)N1C[C@H](O)C[C@H]1C(=O)NCCOc1ccc2c(c1)CCC(=O)N2)n1cc(C2CC2)nn1. The first-order valence-electron chi connectivity index (χ1n) is 13.3. The van der Waals surface area contributed by atoms with Crippen LogP contribution in [-0.4, -0.2) is 74.6 Å².